The zero-order chi connectivity index (χ0) is 12.7. The molecule has 0 amide bonds. The molecule has 1 rings (SSSR count). The van der Waals surface area contributed by atoms with E-state index in [9.17, 15) is 4.79 Å². The Morgan fingerprint density at radius 2 is 2.41 bits per heavy atom. The number of hydrogen-bond acceptors (Lipinski definition) is 5. The molecule has 0 fully saturated rings. The van der Waals surface area contributed by atoms with Crippen LogP contribution in [0.25, 0.3) is 0 Å². The van der Waals surface area contributed by atoms with E-state index in [4.69, 9.17) is 5.11 Å². The van der Waals surface area contributed by atoms with Gasteiger partial charge in [-0.2, -0.15) is 5.10 Å². The standard InChI is InChI=1S/C10H18N4O2S/c1-10(11-2,8(15)16)5-3-4-6-17-9-12-7-13-14-9/h7,11H,3-6H2,1-2H3,(H,15,16)(H,12,13,14). The van der Waals surface area contributed by atoms with E-state index < -0.39 is 11.5 Å². The van der Waals surface area contributed by atoms with E-state index >= 15 is 0 Å². The van der Waals surface area contributed by atoms with Crippen LogP contribution in [0.5, 0.6) is 0 Å². The van der Waals surface area contributed by atoms with Gasteiger partial charge in [0, 0.05) is 5.75 Å². The lowest BCUT2D eigenvalue weighted by atomic mass is 9.95. The van der Waals surface area contributed by atoms with Gasteiger partial charge in [-0.25, -0.2) is 4.98 Å². The van der Waals surface area contributed by atoms with Crippen LogP contribution in [0.1, 0.15) is 26.2 Å². The fourth-order valence-corrected chi connectivity index (χ4v) is 2.13. The molecule has 0 aliphatic rings. The molecule has 0 aromatic carbocycles. The van der Waals surface area contributed by atoms with Crippen molar-refractivity contribution in [3.63, 3.8) is 0 Å². The predicted octanol–water partition coefficient (Wildman–Crippen LogP) is 1.13. The minimum Gasteiger partial charge on any atom is -0.480 e. The number of thioether (sulfide) groups is 1. The molecule has 0 radical (unpaired) electrons. The van der Waals surface area contributed by atoms with Crippen molar-refractivity contribution in [2.75, 3.05) is 12.8 Å². The Bertz CT molecular complexity index is 344. The first kappa shape index (κ1) is 14.0. The molecule has 0 aliphatic heterocycles. The normalized spacial score (nSPS) is 14.5. The molecule has 1 aromatic heterocycles. The Balaban J connectivity index is 2.17. The van der Waals surface area contributed by atoms with Gasteiger partial charge in [-0.05, 0) is 26.8 Å². The average molecular weight is 258 g/mol. The van der Waals surface area contributed by atoms with Crippen LogP contribution in [0.3, 0.4) is 0 Å². The Hall–Kier alpha value is -1.08. The van der Waals surface area contributed by atoms with Crippen LogP contribution in [-0.4, -0.2) is 44.6 Å². The van der Waals surface area contributed by atoms with Gasteiger partial charge in [-0.15, -0.1) is 0 Å². The van der Waals surface area contributed by atoms with Crippen LogP contribution >= 0.6 is 11.8 Å². The van der Waals surface area contributed by atoms with Crippen LogP contribution in [-0.2, 0) is 4.79 Å². The molecule has 6 nitrogen and oxygen atoms in total. The van der Waals surface area contributed by atoms with Crippen molar-refractivity contribution >= 4 is 17.7 Å². The number of nitrogens with zero attached hydrogens (tertiary/aromatic N) is 2. The maximum atomic E-state index is 11.0. The van der Waals surface area contributed by atoms with Crippen LogP contribution in [0, 0.1) is 0 Å². The largest absolute Gasteiger partial charge is 0.480 e. The summed E-state index contributed by atoms with van der Waals surface area (Å²) in [4.78, 5) is 15.0. The smallest absolute Gasteiger partial charge is 0.323 e. The Labute approximate surface area is 105 Å². The maximum Gasteiger partial charge on any atom is 0.323 e. The van der Waals surface area contributed by atoms with Crippen molar-refractivity contribution in [2.24, 2.45) is 0 Å². The molecule has 3 N–H and O–H groups in total. The minimum absolute atomic E-state index is 0.621. The Morgan fingerprint density at radius 3 is 2.94 bits per heavy atom. The van der Waals surface area contributed by atoms with Gasteiger partial charge < -0.3 is 10.4 Å². The predicted molar refractivity (Wildman–Crippen MR) is 66.1 cm³/mol. The first-order chi connectivity index (χ1) is 8.08. The van der Waals surface area contributed by atoms with Gasteiger partial charge in [0.2, 0.25) is 0 Å². The highest BCUT2D eigenvalue weighted by Crippen LogP contribution is 2.17. The molecule has 0 saturated heterocycles. The summed E-state index contributed by atoms with van der Waals surface area (Å²) in [6, 6.07) is 0. The SMILES string of the molecule is CNC(C)(CCCCSc1ncn[nH]1)C(=O)O. The Morgan fingerprint density at radius 1 is 1.65 bits per heavy atom. The van der Waals surface area contributed by atoms with Crippen LogP contribution in [0.15, 0.2) is 11.5 Å². The third-order valence-electron chi connectivity index (χ3n) is 2.73. The van der Waals surface area contributed by atoms with E-state index in [0.717, 1.165) is 23.8 Å². The molecule has 1 heterocycles. The highest BCUT2D eigenvalue weighted by atomic mass is 32.2. The number of likely N-dealkylation sites (N-methyl/N-ethyl adjacent to an activating group) is 1. The van der Waals surface area contributed by atoms with Crippen LogP contribution in [0.4, 0.5) is 0 Å². The zero-order valence-electron chi connectivity index (χ0n) is 10.1. The molecule has 1 atom stereocenters. The lowest BCUT2D eigenvalue weighted by Crippen LogP contribution is -2.47. The topological polar surface area (TPSA) is 90.9 Å². The summed E-state index contributed by atoms with van der Waals surface area (Å²) < 4.78 is 0. The van der Waals surface area contributed by atoms with Crippen LogP contribution in [0.2, 0.25) is 0 Å². The summed E-state index contributed by atoms with van der Waals surface area (Å²) in [7, 11) is 1.68. The van der Waals surface area contributed by atoms with E-state index in [2.05, 4.69) is 20.5 Å². The fourth-order valence-electron chi connectivity index (χ4n) is 1.35. The van der Waals surface area contributed by atoms with E-state index in [1.165, 1.54) is 6.33 Å². The molecule has 0 saturated carbocycles. The number of carbonyl (C=O) groups is 1. The number of carboxylic acids is 1. The molecule has 1 unspecified atom stereocenters. The van der Waals surface area contributed by atoms with Crippen molar-refractivity contribution in [1.82, 2.24) is 20.5 Å². The average Bonchev–Trinajstić information content (AvgIpc) is 2.81. The molecule has 0 spiro atoms. The molecule has 0 bridgehead atoms. The number of unbranched alkanes of at least 4 members (excludes halogenated alkanes) is 1. The third kappa shape index (κ3) is 4.35. The Kier molecular flexibility index (Phi) is 5.43. The summed E-state index contributed by atoms with van der Waals surface area (Å²) in [5.41, 5.74) is -0.823. The molecule has 1 aromatic rings. The van der Waals surface area contributed by atoms with Crippen LogP contribution < -0.4 is 5.32 Å². The number of aromatic amines is 1. The molecular weight excluding hydrogens is 240 g/mol. The lowest BCUT2D eigenvalue weighted by Gasteiger charge is -2.23. The van der Waals surface area contributed by atoms with E-state index in [-0.39, 0.29) is 0 Å². The van der Waals surface area contributed by atoms with Gasteiger partial charge in [-0.3, -0.25) is 9.89 Å². The number of rotatable bonds is 8. The van der Waals surface area contributed by atoms with E-state index in [1.54, 1.807) is 25.7 Å². The number of carboxylic acid groups (broad SMARTS) is 1. The van der Waals surface area contributed by atoms with Crippen molar-refractivity contribution < 1.29 is 9.90 Å². The maximum absolute atomic E-state index is 11.0. The van der Waals surface area contributed by atoms with Gasteiger partial charge in [0.05, 0.1) is 0 Å². The summed E-state index contributed by atoms with van der Waals surface area (Å²) >= 11 is 1.60. The lowest BCUT2D eigenvalue weighted by molar-refractivity contribution is -0.144. The summed E-state index contributed by atoms with van der Waals surface area (Å²) in [6.07, 6.45) is 3.92. The van der Waals surface area contributed by atoms with Gasteiger partial charge in [0.15, 0.2) is 5.16 Å². The first-order valence-corrected chi connectivity index (χ1v) is 6.47. The van der Waals surface area contributed by atoms with E-state index in [0.29, 0.717) is 6.42 Å². The van der Waals surface area contributed by atoms with Crippen molar-refractivity contribution in [1.29, 1.82) is 0 Å². The molecule has 7 heteroatoms. The van der Waals surface area contributed by atoms with E-state index in [1.807, 2.05) is 0 Å². The second-order valence-electron chi connectivity index (χ2n) is 3.98. The number of nitrogens with one attached hydrogen (secondary N) is 2. The second kappa shape index (κ2) is 6.61. The number of aliphatic carboxylic acids is 1. The minimum atomic E-state index is -0.823. The quantitative estimate of drug-likeness (QED) is 0.478. The molecular formula is C10H18N4O2S. The van der Waals surface area contributed by atoms with Gasteiger partial charge in [-0.1, -0.05) is 18.2 Å². The highest BCUT2D eigenvalue weighted by molar-refractivity contribution is 7.99. The third-order valence-corrected chi connectivity index (χ3v) is 3.69. The van der Waals surface area contributed by atoms with Crippen molar-refractivity contribution in [3.05, 3.63) is 6.33 Å². The van der Waals surface area contributed by atoms with Crippen molar-refractivity contribution in [2.45, 2.75) is 36.9 Å². The first-order valence-electron chi connectivity index (χ1n) is 5.49. The number of H-pyrrole nitrogens is 1. The van der Waals surface area contributed by atoms with Gasteiger partial charge >= 0.3 is 5.97 Å². The van der Waals surface area contributed by atoms with Crippen molar-refractivity contribution in [3.8, 4) is 0 Å². The molecule has 96 valence electrons. The summed E-state index contributed by atoms with van der Waals surface area (Å²) in [6.45, 7) is 1.71. The highest BCUT2D eigenvalue weighted by Gasteiger charge is 2.29. The monoisotopic (exact) mass is 258 g/mol. The summed E-state index contributed by atoms with van der Waals surface area (Å²) in [5, 5.41) is 19.2. The van der Waals surface area contributed by atoms with Gasteiger partial charge in [0.1, 0.15) is 11.9 Å². The number of hydrogen-bond donors (Lipinski definition) is 3. The molecule has 17 heavy (non-hydrogen) atoms. The fraction of sp³-hybridized carbons (Fsp3) is 0.700. The second-order valence-corrected chi connectivity index (χ2v) is 5.07. The summed E-state index contributed by atoms with van der Waals surface area (Å²) in [5.74, 6) is 0.108. The molecule has 0 aliphatic carbocycles. The zero-order valence-corrected chi connectivity index (χ0v) is 10.9. The number of aromatic nitrogens is 3. The van der Waals surface area contributed by atoms with Gasteiger partial charge in [0.25, 0.3) is 0 Å².